The molecule has 0 saturated carbocycles. The van der Waals surface area contributed by atoms with Crippen LogP contribution in [-0.4, -0.2) is 70.1 Å². The van der Waals surface area contributed by atoms with Crippen molar-refractivity contribution in [2.24, 2.45) is 0 Å². The molecule has 5 heterocycles. The molecule has 4 bridgehead atoms. The van der Waals surface area contributed by atoms with Gasteiger partial charge in [0, 0.05) is 48.8 Å². The summed E-state index contributed by atoms with van der Waals surface area (Å²) < 4.78 is 58.5. The Balaban J connectivity index is 1.45. The quantitative estimate of drug-likeness (QED) is 0.308. The van der Waals surface area contributed by atoms with Crippen LogP contribution in [-0.2, 0) is 6.54 Å². The zero-order valence-electron chi connectivity index (χ0n) is 24.2. The third kappa shape index (κ3) is 7.62. The molecule has 2 aromatic heterocycles. The summed E-state index contributed by atoms with van der Waals surface area (Å²) in [5.41, 5.74) is -0.0718. The van der Waals surface area contributed by atoms with Crippen LogP contribution in [0.2, 0.25) is 0 Å². The number of piperidine rings is 1. The summed E-state index contributed by atoms with van der Waals surface area (Å²) in [4.78, 5) is 19.3. The molecule has 7 nitrogen and oxygen atoms in total. The van der Waals surface area contributed by atoms with Crippen molar-refractivity contribution in [2.45, 2.75) is 69.9 Å². The lowest BCUT2D eigenvalue weighted by Gasteiger charge is -2.35. The van der Waals surface area contributed by atoms with E-state index in [1.54, 1.807) is 53.4 Å². The van der Waals surface area contributed by atoms with Gasteiger partial charge in [-0.3, -0.25) is 9.48 Å². The molecule has 0 aliphatic carbocycles. The Morgan fingerprint density at radius 2 is 1.77 bits per heavy atom. The highest BCUT2D eigenvalue weighted by Gasteiger charge is 2.35. The van der Waals surface area contributed by atoms with Crippen LogP contribution >= 0.6 is 0 Å². The molecule has 0 spiro atoms. The van der Waals surface area contributed by atoms with Crippen LogP contribution in [0.1, 0.15) is 66.8 Å². The number of hydrogen-bond donors (Lipinski definition) is 2. The van der Waals surface area contributed by atoms with Crippen LogP contribution in [0.3, 0.4) is 0 Å². The van der Waals surface area contributed by atoms with E-state index >= 15 is 4.39 Å². The number of anilines is 1. The Morgan fingerprint density at radius 1 is 1.00 bits per heavy atom. The first-order chi connectivity index (χ1) is 20.7. The molecular formula is C32H38F4N6O. The minimum absolute atomic E-state index is 0.140. The number of hydrogen-bond acceptors (Lipinski definition) is 5. The maximum atomic E-state index is 15.4. The van der Waals surface area contributed by atoms with Gasteiger partial charge in [-0.2, -0.15) is 18.3 Å². The van der Waals surface area contributed by atoms with E-state index in [-0.39, 0.29) is 29.2 Å². The smallest absolute Gasteiger partial charge is 0.379 e. The van der Waals surface area contributed by atoms with Gasteiger partial charge in [0.25, 0.3) is 5.91 Å². The van der Waals surface area contributed by atoms with Crippen molar-refractivity contribution in [1.82, 2.24) is 25.0 Å². The van der Waals surface area contributed by atoms with E-state index in [1.165, 1.54) is 0 Å². The number of nitrogens with zero attached hydrogens (tertiary/aromatic N) is 4. The van der Waals surface area contributed by atoms with Crippen molar-refractivity contribution >= 4 is 34.0 Å². The lowest BCUT2D eigenvalue weighted by Crippen LogP contribution is -2.48. The number of amides is 1. The summed E-state index contributed by atoms with van der Waals surface area (Å²) in [5, 5.41) is 11.2. The molecule has 0 radical (unpaired) electrons. The molecule has 3 aliphatic rings. The normalized spacial score (nSPS) is 23.6. The number of aryl methyl sites for hydroxylation is 1. The van der Waals surface area contributed by atoms with Crippen LogP contribution < -0.4 is 10.6 Å². The molecule has 2 N–H and O–H groups in total. The summed E-state index contributed by atoms with van der Waals surface area (Å²) >= 11 is 0. The number of rotatable bonds is 1. The van der Waals surface area contributed by atoms with E-state index in [9.17, 15) is 18.0 Å². The number of allylic oxidation sites excluding steroid dienone is 1. The highest BCUT2D eigenvalue weighted by molar-refractivity contribution is 6.01. The SMILES string of the molecule is C=C(c1nc2cc3c(cccc13)N[C@@H]1CCN(CCCCCCCCn3nccc3C(=O)NC/C=C/2)C[C@@H]1F)C(F)(F)F. The summed E-state index contributed by atoms with van der Waals surface area (Å²) in [5.74, 6) is -0.286. The van der Waals surface area contributed by atoms with E-state index in [2.05, 4.69) is 32.2 Å². The van der Waals surface area contributed by atoms with Crippen LogP contribution in [0.5, 0.6) is 0 Å². The second-order valence-electron chi connectivity index (χ2n) is 11.3. The largest absolute Gasteiger partial charge is 0.417 e. The van der Waals surface area contributed by atoms with Crippen LogP contribution in [0, 0.1) is 0 Å². The number of nitrogens with one attached hydrogen (secondary N) is 2. The van der Waals surface area contributed by atoms with Crippen molar-refractivity contribution in [3.05, 3.63) is 66.3 Å². The molecular weight excluding hydrogens is 560 g/mol. The second kappa shape index (κ2) is 13.7. The van der Waals surface area contributed by atoms with Crippen LogP contribution in [0.25, 0.3) is 22.4 Å². The van der Waals surface area contributed by atoms with Gasteiger partial charge in [-0.25, -0.2) is 9.37 Å². The molecule has 11 heteroatoms. The number of carbonyl (C=O) groups excluding carboxylic acids is 1. The van der Waals surface area contributed by atoms with Gasteiger partial charge < -0.3 is 15.5 Å². The van der Waals surface area contributed by atoms with Crippen molar-refractivity contribution in [3.8, 4) is 0 Å². The molecule has 230 valence electrons. The fourth-order valence-corrected chi connectivity index (χ4v) is 5.84. The lowest BCUT2D eigenvalue weighted by atomic mass is 9.99. The first-order valence-electron chi connectivity index (χ1n) is 15.0. The van der Waals surface area contributed by atoms with E-state index in [1.807, 2.05) is 0 Å². The molecule has 1 amide bonds. The molecule has 1 unspecified atom stereocenters. The number of halogens is 4. The Bertz CT molecular complexity index is 1470. The standard InChI is InChI=1S/C32H38F4N6O/c1-22(32(34,35)36)30-24-11-8-12-27-25(24)20-23(39-30)10-9-15-37-31(43)29-13-16-38-42(29)18-7-5-3-2-4-6-17-41-19-14-28(40-27)26(33)21-41/h8-13,16,20,26,28,40H,1-7,14-15,17-19,21H2,(H,37,43)/b10-9+/t26-,28+/m0/s1. The molecule has 3 aromatic rings. The van der Waals surface area contributed by atoms with Gasteiger partial charge >= 0.3 is 6.18 Å². The van der Waals surface area contributed by atoms with Gasteiger partial charge in [-0.05, 0) is 50.1 Å². The zero-order valence-corrected chi connectivity index (χ0v) is 24.2. The molecule has 1 fully saturated rings. The van der Waals surface area contributed by atoms with E-state index in [4.69, 9.17) is 0 Å². The van der Waals surface area contributed by atoms with Gasteiger partial charge in [-0.15, -0.1) is 0 Å². The first kappa shape index (κ1) is 30.7. The Labute approximate surface area is 249 Å². The second-order valence-corrected chi connectivity index (χ2v) is 11.3. The third-order valence-corrected chi connectivity index (χ3v) is 8.20. The number of carbonyl (C=O) groups is 1. The number of fused-ring (bicyclic) bond motifs is 12. The highest BCUT2D eigenvalue weighted by Crippen LogP contribution is 2.37. The lowest BCUT2D eigenvalue weighted by molar-refractivity contribution is -0.0688. The predicted octanol–water partition coefficient (Wildman–Crippen LogP) is 6.63. The molecule has 1 saturated heterocycles. The average Bonchev–Trinajstić information content (AvgIpc) is 3.45. The summed E-state index contributed by atoms with van der Waals surface area (Å²) in [6, 6.07) is 7.86. The van der Waals surface area contributed by atoms with E-state index < -0.39 is 24.0 Å². The van der Waals surface area contributed by atoms with Crippen LogP contribution in [0.15, 0.2) is 49.2 Å². The van der Waals surface area contributed by atoms with Crippen molar-refractivity contribution in [3.63, 3.8) is 0 Å². The Hall–Kier alpha value is -3.73. The van der Waals surface area contributed by atoms with E-state index in [0.717, 1.165) is 51.6 Å². The summed E-state index contributed by atoms with van der Waals surface area (Å²) in [7, 11) is 0. The third-order valence-electron chi connectivity index (χ3n) is 8.20. The Kier molecular flexibility index (Phi) is 9.79. The minimum Gasteiger partial charge on any atom is -0.379 e. The van der Waals surface area contributed by atoms with Gasteiger partial charge in [-0.1, -0.05) is 50.5 Å². The first-order valence-corrected chi connectivity index (χ1v) is 15.0. The molecule has 1 aromatic carbocycles. The maximum absolute atomic E-state index is 15.4. The topological polar surface area (TPSA) is 75.1 Å². The van der Waals surface area contributed by atoms with Gasteiger partial charge in [0.15, 0.2) is 0 Å². The van der Waals surface area contributed by atoms with Crippen molar-refractivity contribution in [1.29, 1.82) is 0 Å². The fraction of sp³-hybridized carbons (Fsp3) is 0.469. The van der Waals surface area contributed by atoms with Crippen molar-refractivity contribution in [2.75, 3.05) is 31.5 Å². The van der Waals surface area contributed by atoms with Crippen LogP contribution in [0.4, 0.5) is 23.2 Å². The summed E-state index contributed by atoms with van der Waals surface area (Å²) in [6.07, 6.45) is 5.83. The van der Waals surface area contributed by atoms with E-state index in [0.29, 0.717) is 36.3 Å². The monoisotopic (exact) mass is 598 g/mol. The fourth-order valence-electron chi connectivity index (χ4n) is 5.84. The maximum Gasteiger partial charge on any atom is 0.417 e. The van der Waals surface area contributed by atoms with Gasteiger partial charge in [0.05, 0.1) is 23.0 Å². The number of aromatic nitrogens is 3. The molecule has 43 heavy (non-hydrogen) atoms. The summed E-state index contributed by atoms with van der Waals surface area (Å²) in [6.45, 7) is 6.00. The number of pyridine rings is 1. The molecule has 3 aliphatic heterocycles. The predicted molar refractivity (Wildman–Crippen MR) is 161 cm³/mol. The molecule has 6 rings (SSSR count). The minimum atomic E-state index is -4.68. The Morgan fingerprint density at radius 3 is 2.53 bits per heavy atom. The van der Waals surface area contributed by atoms with Crippen molar-refractivity contribution < 1.29 is 22.4 Å². The number of alkyl halides is 4. The van der Waals surface area contributed by atoms with Gasteiger partial charge in [0.1, 0.15) is 11.9 Å². The zero-order chi connectivity index (χ0) is 30.4. The number of benzene rings is 1. The average molecular weight is 599 g/mol. The highest BCUT2D eigenvalue weighted by atomic mass is 19.4. The molecule has 3 atom stereocenters. The van der Waals surface area contributed by atoms with Gasteiger partial charge in [0.2, 0.25) is 0 Å².